The number of thiazole rings is 1. The van der Waals surface area contributed by atoms with E-state index in [2.05, 4.69) is 51.2 Å². The molecule has 0 aliphatic rings. The smallest absolute Gasteiger partial charge is 0.273 e. The zero-order valence-electron chi connectivity index (χ0n) is 20.4. The minimum absolute atomic E-state index is 0.158. The number of benzene rings is 3. The monoisotopic (exact) mass is 480 g/mol. The lowest BCUT2D eigenvalue weighted by atomic mass is 9.92. The largest absolute Gasteiger partial charge is 0.321 e. The standard InChI is InChI=1S/C29H28N4OS/c1-19-10-15-23-25(16-19)35-28(31-23)21-11-13-22(14-12-21)30-27(34)24-17-26(29(2,3)4)32-33(24)18-20-8-6-5-7-9-20/h5-17H,18H2,1-4H3,(H,30,34). The van der Waals surface area contributed by atoms with E-state index in [4.69, 9.17) is 10.1 Å². The van der Waals surface area contributed by atoms with E-state index in [1.807, 2.05) is 60.7 Å². The molecule has 1 N–H and O–H groups in total. The van der Waals surface area contributed by atoms with Gasteiger partial charge in [0.05, 0.1) is 22.5 Å². The highest BCUT2D eigenvalue weighted by Crippen LogP contribution is 2.31. The molecule has 0 aliphatic heterocycles. The Labute approximate surface area is 209 Å². The molecule has 0 atom stereocenters. The molecule has 35 heavy (non-hydrogen) atoms. The van der Waals surface area contributed by atoms with Crippen LogP contribution in [0.5, 0.6) is 0 Å². The summed E-state index contributed by atoms with van der Waals surface area (Å²) in [5.74, 6) is -0.174. The Morgan fingerprint density at radius 2 is 1.71 bits per heavy atom. The summed E-state index contributed by atoms with van der Waals surface area (Å²) in [5, 5.41) is 8.79. The fourth-order valence-corrected chi connectivity index (χ4v) is 4.96. The van der Waals surface area contributed by atoms with Crippen molar-refractivity contribution in [2.24, 2.45) is 0 Å². The molecule has 0 saturated heterocycles. The number of carbonyl (C=O) groups excluding carboxylic acids is 1. The van der Waals surface area contributed by atoms with Gasteiger partial charge in [-0.15, -0.1) is 11.3 Å². The SMILES string of the molecule is Cc1ccc2nc(-c3ccc(NC(=O)c4cc(C(C)(C)C)nn4Cc4ccccc4)cc3)sc2c1. The third kappa shape index (κ3) is 5.03. The van der Waals surface area contributed by atoms with Crippen LogP contribution in [0.1, 0.15) is 48.1 Å². The molecule has 0 fully saturated rings. The summed E-state index contributed by atoms with van der Waals surface area (Å²) in [6.45, 7) is 8.94. The summed E-state index contributed by atoms with van der Waals surface area (Å²) in [7, 11) is 0. The number of aryl methyl sites for hydroxylation is 1. The van der Waals surface area contributed by atoms with Gasteiger partial charge in [-0.3, -0.25) is 9.48 Å². The lowest BCUT2D eigenvalue weighted by Gasteiger charge is -2.14. The first kappa shape index (κ1) is 23.0. The van der Waals surface area contributed by atoms with Crippen molar-refractivity contribution in [3.63, 3.8) is 0 Å². The van der Waals surface area contributed by atoms with Crippen LogP contribution < -0.4 is 5.32 Å². The van der Waals surface area contributed by atoms with E-state index in [0.29, 0.717) is 12.2 Å². The van der Waals surface area contributed by atoms with Crippen LogP contribution in [0, 0.1) is 6.92 Å². The van der Waals surface area contributed by atoms with Gasteiger partial charge in [0.2, 0.25) is 0 Å². The molecule has 2 aromatic heterocycles. The second kappa shape index (κ2) is 9.12. The number of nitrogens with one attached hydrogen (secondary N) is 1. The summed E-state index contributed by atoms with van der Waals surface area (Å²) in [6.07, 6.45) is 0. The van der Waals surface area contributed by atoms with Crippen LogP contribution in [0.25, 0.3) is 20.8 Å². The van der Waals surface area contributed by atoms with Gasteiger partial charge in [0.15, 0.2) is 0 Å². The molecular weight excluding hydrogens is 452 g/mol. The minimum atomic E-state index is -0.174. The van der Waals surface area contributed by atoms with Gasteiger partial charge in [0, 0.05) is 16.7 Å². The summed E-state index contributed by atoms with van der Waals surface area (Å²) >= 11 is 1.68. The van der Waals surface area contributed by atoms with Crippen molar-refractivity contribution >= 4 is 33.1 Å². The normalized spacial score (nSPS) is 11.7. The molecular formula is C29H28N4OS. The van der Waals surface area contributed by atoms with Crippen LogP contribution in [0.3, 0.4) is 0 Å². The van der Waals surface area contributed by atoms with Gasteiger partial charge in [0.1, 0.15) is 10.7 Å². The maximum Gasteiger partial charge on any atom is 0.273 e. The van der Waals surface area contributed by atoms with E-state index >= 15 is 0 Å². The van der Waals surface area contributed by atoms with Crippen LogP contribution in [-0.2, 0) is 12.0 Å². The summed E-state index contributed by atoms with van der Waals surface area (Å²) in [4.78, 5) is 18.0. The molecule has 2 heterocycles. The molecule has 6 heteroatoms. The second-order valence-electron chi connectivity index (χ2n) is 9.83. The molecule has 0 aliphatic carbocycles. The third-order valence-electron chi connectivity index (χ3n) is 5.89. The zero-order chi connectivity index (χ0) is 24.6. The highest BCUT2D eigenvalue weighted by molar-refractivity contribution is 7.21. The van der Waals surface area contributed by atoms with Gasteiger partial charge >= 0.3 is 0 Å². The number of nitrogens with zero attached hydrogens (tertiary/aromatic N) is 3. The lowest BCUT2D eigenvalue weighted by Crippen LogP contribution is -2.18. The molecule has 3 aromatic carbocycles. The van der Waals surface area contributed by atoms with Crippen molar-refractivity contribution in [2.75, 3.05) is 5.32 Å². The van der Waals surface area contributed by atoms with Crippen molar-refractivity contribution in [3.8, 4) is 10.6 Å². The van der Waals surface area contributed by atoms with E-state index < -0.39 is 0 Å². The van der Waals surface area contributed by atoms with Gasteiger partial charge in [-0.1, -0.05) is 57.2 Å². The maximum absolute atomic E-state index is 13.3. The number of fused-ring (bicyclic) bond motifs is 1. The van der Waals surface area contributed by atoms with Crippen molar-refractivity contribution < 1.29 is 4.79 Å². The predicted molar refractivity (Wildman–Crippen MR) is 144 cm³/mol. The first-order valence-electron chi connectivity index (χ1n) is 11.7. The van der Waals surface area contributed by atoms with Gasteiger partial charge in [-0.2, -0.15) is 5.10 Å². The lowest BCUT2D eigenvalue weighted by molar-refractivity contribution is 0.101. The summed E-state index contributed by atoms with van der Waals surface area (Å²) in [6, 6.07) is 26.1. The third-order valence-corrected chi connectivity index (χ3v) is 6.96. The second-order valence-corrected chi connectivity index (χ2v) is 10.9. The van der Waals surface area contributed by atoms with E-state index in [1.54, 1.807) is 16.0 Å². The topological polar surface area (TPSA) is 59.8 Å². The van der Waals surface area contributed by atoms with Crippen LogP contribution in [-0.4, -0.2) is 20.7 Å². The highest BCUT2D eigenvalue weighted by Gasteiger charge is 2.23. The Bertz CT molecular complexity index is 1490. The molecule has 0 unspecified atom stereocenters. The van der Waals surface area contributed by atoms with Crippen molar-refractivity contribution in [2.45, 2.75) is 39.7 Å². The average molecular weight is 481 g/mol. The van der Waals surface area contributed by atoms with Crippen LogP contribution >= 0.6 is 11.3 Å². The van der Waals surface area contributed by atoms with Crippen LogP contribution in [0.2, 0.25) is 0 Å². The van der Waals surface area contributed by atoms with Gasteiger partial charge < -0.3 is 5.32 Å². The Kier molecular flexibility index (Phi) is 5.99. The molecule has 0 spiro atoms. The Hall–Kier alpha value is -3.77. The highest BCUT2D eigenvalue weighted by atomic mass is 32.1. The van der Waals surface area contributed by atoms with Crippen molar-refractivity contribution in [1.29, 1.82) is 0 Å². The van der Waals surface area contributed by atoms with E-state index in [-0.39, 0.29) is 11.3 Å². The number of hydrogen-bond acceptors (Lipinski definition) is 4. The molecule has 5 aromatic rings. The fraction of sp³-hybridized carbons (Fsp3) is 0.207. The number of hydrogen-bond donors (Lipinski definition) is 1. The Morgan fingerprint density at radius 3 is 2.43 bits per heavy atom. The number of rotatable bonds is 5. The van der Waals surface area contributed by atoms with E-state index in [9.17, 15) is 4.79 Å². The molecule has 0 bridgehead atoms. The predicted octanol–water partition coefficient (Wildman–Crippen LogP) is 7.07. The minimum Gasteiger partial charge on any atom is -0.321 e. The summed E-state index contributed by atoms with van der Waals surface area (Å²) < 4.78 is 2.97. The Balaban J connectivity index is 1.38. The van der Waals surface area contributed by atoms with Crippen LogP contribution in [0.15, 0.2) is 78.9 Å². The van der Waals surface area contributed by atoms with E-state index in [1.165, 1.54) is 10.3 Å². The number of carbonyl (C=O) groups is 1. The average Bonchev–Trinajstić information content (AvgIpc) is 3.44. The molecule has 1 amide bonds. The maximum atomic E-state index is 13.3. The van der Waals surface area contributed by atoms with E-state index in [0.717, 1.165) is 33.0 Å². The number of aromatic nitrogens is 3. The Morgan fingerprint density at radius 1 is 0.971 bits per heavy atom. The molecule has 0 saturated carbocycles. The molecule has 176 valence electrons. The van der Waals surface area contributed by atoms with Gasteiger partial charge in [-0.05, 0) is 60.5 Å². The molecule has 0 radical (unpaired) electrons. The van der Waals surface area contributed by atoms with Gasteiger partial charge in [0.25, 0.3) is 5.91 Å². The number of amides is 1. The quantitative estimate of drug-likeness (QED) is 0.293. The molecule has 5 nitrogen and oxygen atoms in total. The summed E-state index contributed by atoms with van der Waals surface area (Å²) in [5.41, 5.74) is 6.38. The van der Waals surface area contributed by atoms with Crippen molar-refractivity contribution in [1.82, 2.24) is 14.8 Å². The van der Waals surface area contributed by atoms with Gasteiger partial charge in [-0.25, -0.2) is 4.98 Å². The first-order chi connectivity index (χ1) is 16.8. The number of anilines is 1. The first-order valence-corrected chi connectivity index (χ1v) is 12.5. The van der Waals surface area contributed by atoms with Crippen molar-refractivity contribution in [3.05, 3.63) is 101 Å². The fourth-order valence-electron chi connectivity index (χ4n) is 3.89. The molecule has 5 rings (SSSR count). The van der Waals surface area contributed by atoms with Crippen LogP contribution in [0.4, 0.5) is 5.69 Å². The zero-order valence-corrected chi connectivity index (χ0v) is 21.2.